The highest BCUT2D eigenvalue weighted by Crippen LogP contribution is 2.24. The van der Waals surface area contributed by atoms with Gasteiger partial charge in [0.1, 0.15) is 0 Å². The Bertz CT molecular complexity index is 1430. The lowest BCUT2D eigenvalue weighted by Crippen LogP contribution is -2.20. The van der Waals surface area contributed by atoms with E-state index < -0.39 is 0 Å². The number of para-hydroxylation sites is 2. The van der Waals surface area contributed by atoms with Crippen LogP contribution in [-0.4, -0.2) is 35.7 Å². The largest absolute Gasteiger partial charge is 0.360 e. The third kappa shape index (κ3) is 2.45. The number of aromatic amines is 1. The minimum Gasteiger partial charge on any atom is -0.360 e. The molecule has 0 aliphatic carbocycles. The van der Waals surface area contributed by atoms with Gasteiger partial charge in [0.25, 0.3) is 5.56 Å². The zero-order valence-electron chi connectivity index (χ0n) is 14.9. The van der Waals surface area contributed by atoms with Gasteiger partial charge in [-0.15, -0.1) is 10.2 Å². The predicted molar refractivity (Wildman–Crippen MR) is 109 cm³/mol. The van der Waals surface area contributed by atoms with Crippen molar-refractivity contribution in [2.24, 2.45) is 7.05 Å². The summed E-state index contributed by atoms with van der Waals surface area (Å²) >= 11 is 1.31. The maximum absolute atomic E-state index is 12.8. The molecule has 0 aliphatic rings. The molecule has 0 saturated heterocycles. The molecule has 0 bridgehead atoms. The number of thioether (sulfide) groups is 1. The number of aromatic nitrogens is 5. The van der Waals surface area contributed by atoms with E-state index in [4.69, 9.17) is 0 Å². The first-order chi connectivity index (χ1) is 13.6. The summed E-state index contributed by atoms with van der Waals surface area (Å²) in [6, 6.07) is 15.1. The topological polar surface area (TPSA) is 85.0 Å². The second-order valence-electron chi connectivity index (χ2n) is 6.46. The number of carbonyl (C=O) groups is 1. The van der Waals surface area contributed by atoms with Gasteiger partial charge < -0.3 is 4.98 Å². The molecule has 0 saturated carbocycles. The first-order valence-electron chi connectivity index (χ1n) is 8.70. The van der Waals surface area contributed by atoms with E-state index >= 15 is 0 Å². The molecule has 138 valence electrons. The molecule has 28 heavy (non-hydrogen) atoms. The van der Waals surface area contributed by atoms with Crippen LogP contribution in [0.15, 0.2) is 64.7 Å². The van der Waals surface area contributed by atoms with Crippen molar-refractivity contribution >= 4 is 45.1 Å². The van der Waals surface area contributed by atoms with Crippen molar-refractivity contribution in [3.63, 3.8) is 0 Å². The molecule has 8 heteroatoms. The number of rotatable bonds is 4. The van der Waals surface area contributed by atoms with Crippen molar-refractivity contribution in [3.05, 3.63) is 70.6 Å². The Hall–Kier alpha value is -3.39. The van der Waals surface area contributed by atoms with Crippen LogP contribution in [-0.2, 0) is 7.05 Å². The molecule has 0 aliphatic heterocycles. The maximum Gasteiger partial charge on any atom is 0.262 e. The minimum absolute atomic E-state index is 0.00771. The van der Waals surface area contributed by atoms with Gasteiger partial charge in [-0.05, 0) is 18.2 Å². The average Bonchev–Trinajstić information content (AvgIpc) is 3.35. The normalized spacial score (nSPS) is 11.6. The smallest absolute Gasteiger partial charge is 0.262 e. The molecule has 3 aromatic heterocycles. The van der Waals surface area contributed by atoms with Crippen LogP contribution in [0, 0.1) is 0 Å². The molecular weight excluding hydrogens is 374 g/mol. The standard InChI is InChI=1S/C20H15N5O2S/c1-24-18(27)13-7-3-5-9-16(13)25-19(24)22-23-20(25)28-11-17(26)14-10-21-15-8-4-2-6-12(14)15/h2-10,21H,11H2,1H3. The fraction of sp³-hybridized carbons (Fsp3) is 0.100. The molecule has 0 fully saturated rings. The molecule has 7 nitrogen and oxygen atoms in total. The number of hydrogen-bond acceptors (Lipinski definition) is 5. The highest BCUT2D eigenvalue weighted by molar-refractivity contribution is 7.99. The Morgan fingerprint density at radius 2 is 1.82 bits per heavy atom. The second kappa shape index (κ2) is 6.35. The van der Waals surface area contributed by atoms with Gasteiger partial charge >= 0.3 is 0 Å². The zero-order chi connectivity index (χ0) is 19.3. The van der Waals surface area contributed by atoms with Crippen LogP contribution >= 0.6 is 11.8 Å². The average molecular weight is 389 g/mol. The van der Waals surface area contributed by atoms with E-state index in [-0.39, 0.29) is 17.1 Å². The van der Waals surface area contributed by atoms with Crippen molar-refractivity contribution in [2.45, 2.75) is 5.16 Å². The summed E-state index contributed by atoms with van der Waals surface area (Å²) in [6.07, 6.45) is 1.74. The van der Waals surface area contributed by atoms with Crippen LogP contribution in [0.25, 0.3) is 27.6 Å². The van der Waals surface area contributed by atoms with Crippen molar-refractivity contribution in [3.8, 4) is 0 Å². The number of nitrogens with one attached hydrogen (secondary N) is 1. The summed E-state index contributed by atoms with van der Waals surface area (Å²) in [6.45, 7) is 0. The Morgan fingerprint density at radius 1 is 1.07 bits per heavy atom. The third-order valence-electron chi connectivity index (χ3n) is 4.82. The number of aryl methyl sites for hydroxylation is 1. The van der Waals surface area contributed by atoms with Crippen molar-refractivity contribution in [2.75, 3.05) is 5.75 Å². The number of ketones is 1. The SMILES string of the molecule is Cn1c(=O)c2ccccc2n2c(SCC(=O)c3c[nH]c4ccccc34)nnc12. The van der Waals surface area contributed by atoms with Crippen LogP contribution in [0.1, 0.15) is 10.4 Å². The third-order valence-corrected chi connectivity index (χ3v) is 5.75. The lowest BCUT2D eigenvalue weighted by molar-refractivity contribution is 0.102. The first-order valence-corrected chi connectivity index (χ1v) is 9.68. The molecule has 0 radical (unpaired) electrons. The summed E-state index contributed by atoms with van der Waals surface area (Å²) in [7, 11) is 1.67. The second-order valence-corrected chi connectivity index (χ2v) is 7.40. The van der Waals surface area contributed by atoms with Crippen LogP contribution < -0.4 is 5.56 Å². The van der Waals surface area contributed by atoms with Crippen LogP contribution in [0.3, 0.4) is 0 Å². The molecular formula is C20H15N5O2S. The lowest BCUT2D eigenvalue weighted by atomic mass is 10.1. The van der Waals surface area contributed by atoms with Gasteiger partial charge in [0, 0.05) is 29.7 Å². The van der Waals surface area contributed by atoms with Crippen LogP contribution in [0.5, 0.6) is 0 Å². The summed E-state index contributed by atoms with van der Waals surface area (Å²) in [5.41, 5.74) is 2.20. The highest BCUT2D eigenvalue weighted by atomic mass is 32.2. The van der Waals surface area contributed by atoms with E-state index in [0.717, 1.165) is 16.4 Å². The fourth-order valence-electron chi connectivity index (χ4n) is 3.41. The molecule has 3 heterocycles. The van der Waals surface area contributed by atoms with Crippen molar-refractivity contribution in [1.82, 2.24) is 24.1 Å². The highest BCUT2D eigenvalue weighted by Gasteiger charge is 2.17. The molecule has 0 unspecified atom stereocenters. The van der Waals surface area contributed by atoms with Gasteiger partial charge in [-0.2, -0.15) is 0 Å². The lowest BCUT2D eigenvalue weighted by Gasteiger charge is -2.07. The monoisotopic (exact) mass is 389 g/mol. The Morgan fingerprint density at radius 3 is 2.68 bits per heavy atom. The van der Waals surface area contributed by atoms with Gasteiger partial charge in [0.2, 0.25) is 5.78 Å². The molecule has 5 rings (SSSR count). The number of H-pyrrole nitrogens is 1. The molecule has 0 spiro atoms. The van der Waals surface area contributed by atoms with Gasteiger partial charge in [-0.1, -0.05) is 42.1 Å². The molecule has 2 aromatic carbocycles. The fourth-order valence-corrected chi connectivity index (χ4v) is 4.24. The number of benzene rings is 2. The number of Topliss-reactive ketones (excluding diaryl/α,β-unsaturated/α-hetero) is 1. The quantitative estimate of drug-likeness (QED) is 0.377. The van der Waals surface area contributed by atoms with E-state index in [0.29, 0.717) is 21.9 Å². The number of fused-ring (bicyclic) bond motifs is 4. The first kappa shape index (κ1) is 16.8. The Labute approximate surface area is 163 Å². The van der Waals surface area contributed by atoms with E-state index in [1.807, 2.05) is 46.9 Å². The summed E-state index contributed by atoms with van der Waals surface area (Å²) in [4.78, 5) is 28.4. The summed E-state index contributed by atoms with van der Waals surface area (Å²) < 4.78 is 3.30. The van der Waals surface area contributed by atoms with Gasteiger partial charge in [-0.3, -0.25) is 18.6 Å². The predicted octanol–water partition coefficient (Wildman–Crippen LogP) is 3.04. The molecule has 0 atom stereocenters. The Kier molecular flexibility index (Phi) is 3.80. The maximum atomic E-state index is 12.8. The van der Waals surface area contributed by atoms with Crippen LogP contribution in [0.4, 0.5) is 0 Å². The molecule has 5 aromatic rings. The van der Waals surface area contributed by atoms with Gasteiger partial charge in [-0.25, -0.2) is 0 Å². The molecule has 0 amide bonds. The van der Waals surface area contributed by atoms with Gasteiger partial charge in [0.15, 0.2) is 10.9 Å². The van der Waals surface area contributed by atoms with E-state index in [1.165, 1.54) is 16.3 Å². The zero-order valence-corrected chi connectivity index (χ0v) is 15.7. The van der Waals surface area contributed by atoms with Crippen LogP contribution in [0.2, 0.25) is 0 Å². The minimum atomic E-state index is -0.123. The number of hydrogen-bond donors (Lipinski definition) is 1. The number of carbonyl (C=O) groups excluding carboxylic acids is 1. The number of nitrogens with zero attached hydrogens (tertiary/aromatic N) is 4. The van der Waals surface area contributed by atoms with E-state index in [9.17, 15) is 9.59 Å². The van der Waals surface area contributed by atoms with Crippen molar-refractivity contribution in [1.29, 1.82) is 0 Å². The van der Waals surface area contributed by atoms with E-state index in [1.54, 1.807) is 19.3 Å². The van der Waals surface area contributed by atoms with Gasteiger partial charge in [0.05, 0.1) is 16.7 Å². The molecule has 1 N–H and O–H groups in total. The summed E-state index contributed by atoms with van der Waals surface area (Å²) in [5.74, 6) is 0.680. The summed E-state index contributed by atoms with van der Waals surface area (Å²) in [5, 5.41) is 10.4. The van der Waals surface area contributed by atoms with Crippen molar-refractivity contribution < 1.29 is 4.79 Å². The Balaban J connectivity index is 1.54. The van der Waals surface area contributed by atoms with E-state index in [2.05, 4.69) is 15.2 Å².